The van der Waals surface area contributed by atoms with Crippen LogP contribution in [0.15, 0.2) is 24.5 Å². The van der Waals surface area contributed by atoms with E-state index in [1.54, 1.807) is 12.4 Å². The second-order valence-corrected chi connectivity index (χ2v) is 7.35. The van der Waals surface area contributed by atoms with E-state index < -0.39 is 10.0 Å². The van der Waals surface area contributed by atoms with E-state index in [4.69, 9.17) is 0 Å². The molecule has 7 heteroatoms. The smallest absolute Gasteiger partial charge is 0.220 e. The number of aromatic nitrogens is 1. The van der Waals surface area contributed by atoms with Crippen molar-refractivity contribution in [2.75, 3.05) is 19.3 Å². The Morgan fingerprint density at radius 3 is 2.71 bits per heavy atom. The summed E-state index contributed by atoms with van der Waals surface area (Å²) in [6, 6.07) is 3.88. The lowest BCUT2D eigenvalue weighted by atomic mass is 10.1. The SMILES string of the molecule is CS(=O)(=O)N1CCC(NC(=O)CCc2cccnc2)CC1. The Balaban J connectivity index is 1.72. The van der Waals surface area contributed by atoms with Crippen LogP contribution in [0.4, 0.5) is 0 Å². The van der Waals surface area contributed by atoms with Crippen LogP contribution < -0.4 is 5.32 Å². The summed E-state index contributed by atoms with van der Waals surface area (Å²) in [5, 5.41) is 2.98. The first-order valence-electron chi connectivity index (χ1n) is 7.08. The molecule has 0 aliphatic carbocycles. The molecule has 21 heavy (non-hydrogen) atoms. The van der Waals surface area contributed by atoms with E-state index in [1.807, 2.05) is 12.1 Å². The van der Waals surface area contributed by atoms with Crippen molar-refractivity contribution in [3.63, 3.8) is 0 Å². The molecule has 6 nitrogen and oxygen atoms in total. The Morgan fingerprint density at radius 2 is 2.14 bits per heavy atom. The van der Waals surface area contributed by atoms with Gasteiger partial charge in [0.2, 0.25) is 15.9 Å². The molecule has 1 aliphatic rings. The lowest BCUT2D eigenvalue weighted by Crippen LogP contribution is -2.46. The molecule has 1 saturated heterocycles. The van der Waals surface area contributed by atoms with Gasteiger partial charge in [-0.1, -0.05) is 6.07 Å². The third-order valence-corrected chi connectivity index (χ3v) is 4.95. The van der Waals surface area contributed by atoms with Crippen LogP contribution in [-0.4, -0.2) is 49.0 Å². The quantitative estimate of drug-likeness (QED) is 0.861. The number of hydrogen-bond donors (Lipinski definition) is 1. The van der Waals surface area contributed by atoms with Gasteiger partial charge in [0.25, 0.3) is 0 Å². The predicted molar refractivity (Wildman–Crippen MR) is 80.1 cm³/mol. The van der Waals surface area contributed by atoms with Crippen LogP contribution in [-0.2, 0) is 21.2 Å². The fourth-order valence-electron chi connectivity index (χ4n) is 2.44. The lowest BCUT2D eigenvalue weighted by Gasteiger charge is -2.30. The molecule has 1 aromatic rings. The van der Waals surface area contributed by atoms with Crippen LogP contribution in [0.3, 0.4) is 0 Å². The molecule has 0 atom stereocenters. The fraction of sp³-hybridized carbons (Fsp3) is 0.571. The molecule has 0 saturated carbocycles. The van der Waals surface area contributed by atoms with E-state index in [-0.39, 0.29) is 11.9 Å². The van der Waals surface area contributed by atoms with Crippen LogP contribution in [0, 0.1) is 0 Å². The van der Waals surface area contributed by atoms with Crippen molar-refractivity contribution >= 4 is 15.9 Å². The number of sulfonamides is 1. The molecule has 1 fully saturated rings. The molecule has 0 aromatic carbocycles. The number of piperidine rings is 1. The molecular weight excluding hydrogens is 290 g/mol. The number of pyridine rings is 1. The van der Waals surface area contributed by atoms with E-state index in [0.717, 1.165) is 5.56 Å². The van der Waals surface area contributed by atoms with Gasteiger partial charge in [0, 0.05) is 37.9 Å². The molecular formula is C14H21N3O3S. The summed E-state index contributed by atoms with van der Waals surface area (Å²) in [7, 11) is -3.11. The molecule has 2 rings (SSSR count). The topological polar surface area (TPSA) is 79.4 Å². The van der Waals surface area contributed by atoms with Gasteiger partial charge in [-0.05, 0) is 30.9 Å². The average Bonchev–Trinajstić information content (AvgIpc) is 2.46. The minimum atomic E-state index is -3.11. The largest absolute Gasteiger partial charge is 0.353 e. The van der Waals surface area contributed by atoms with Gasteiger partial charge in [-0.25, -0.2) is 12.7 Å². The zero-order valence-electron chi connectivity index (χ0n) is 12.2. The minimum absolute atomic E-state index is 0.0108. The van der Waals surface area contributed by atoms with Gasteiger partial charge in [0.15, 0.2) is 0 Å². The Morgan fingerprint density at radius 1 is 1.43 bits per heavy atom. The summed E-state index contributed by atoms with van der Waals surface area (Å²) in [6.45, 7) is 0.957. The van der Waals surface area contributed by atoms with Crippen LogP contribution in [0.25, 0.3) is 0 Å². The highest BCUT2D eigenvalue weighted by Crippen LogP contribution is 2.13. The second kappa shape index (κ2) is 7.00. The second-order valence-electron chi connectivity index (χ2n) is 5.37. The van der Waals surface area contributed by atoms with Gasteiger partial charge in [0.1, 0.15) is 0 Å². The summed E-state index contributed by atoms with van der Waals surface area (Å²) in [5.41, 5.74) is 1.04. The first kappa shape index (κ1) is 15.9. The first-order chi connectivity index (χ1) is 9.95. The Kier molecular flexibility index (Phi) is 5.30. The number of hydrogen-bond acceptors (Lipinski definition) is 4. The van der Waals surface area contributed by atoms with Crippen molar-refractivity contribution in [3.8, 4) is 0 Å². The van der Waals surface area contributed by atoms with E-state index in [9.17, 15) is 13.2 Å². The Labute approximate surface area is 125 Å². The number of carbonyl (C=O) groups excluding carboxylic acids is 1. The number of rotatable bonds is 5. The summed E-state index contributed by atoms with van der Waals surface area (Å²) in [5.74, 6) is 0.0108. The van der Waals surface area contributed by atoms with E-state index in [0.29, 0.717) is 38.8 Å². The fourth-order valence-corrected chi connectivity index (χ4v) is 3.31. The van der Waals surface area contributed by atoms with Crippen molar-refractivity contribution in [2.45, 2.75) is 31.7 Å². The molecule has 0 spiro atoms. The van der Waals surface area contributed by atoms with Gasteiger partial charge >= 0.3 is 0 Å². The highest BCUT2D eigenvalue weighted by atomic mass is 32.2. The van der Waals surface area contributed by atoms with Crippen molar-refractivity contribution < 1.29 is 13.2 Å². The predicted octanol–water partition coefficient (Wildman–Crippen LogP) is 0.554. The average molecular weight is 311 g/mol. The third-order valence-electron chi connectivity index (χ3n) is 3.65. The first-order valence-corrected chi connectivity index (χ1v) is 8.93. The molecule has 116 valence electrons. The normalized spacial score (nSPS) is 17.6. The van der Waals surface area contributed by atoms with Crippen molar-refractivity contribution in [2.24, 2.45) is 0 Å². The van der Waals surface area contributed by atoms with E-state index >= 15 is 0 Å². The molecule has 1 N–H and O–H groups in total. The maximum absolute atomic E-state index is 11.9. The van der Waals surface area contributed by atoms with Gasteiger partial charge in [-0.15, -0.1) is 0 Å². The Hall–Kier alpha value is -1.47. The number of aryl methyl sites for hydroxylation is 1. The van der Waals surface area contributed by atoms with Gasteiger partial charge in [-0.2, -0.15) is 0 Å². The number of carbonyl (C=O) groups is 1. The van der Waals surface area contributed by atoms with Crippen molar-refractivity contribution in [3.05, 3.63) is 30.1 Å². The molecule has 1 aromatic heterocycles. The van der Waals surface area contributed by atoms with Gasteiger partial charge < -0.3 is 5.32 Å². The van der Waals surface area contributed by atoms with Gasteiger partial charge in [0.05, 0.1) is 6.26 Å². The van der Waals surface area contributed by atoms with Gasteiger partial charge in [-0.3, -0.25) is 9.78 Å². The number of amides is 1. The summed E-state index contributed by atoms with van der Waals surface area (Å²) in [4.78, 5) is 15.9. The molecule has 0 radical (unpaired) electrons. The summed E-state index contributed by atoms with van der Waals surface area (Å²) >= 11 is 0. The molecule has 0 unspecified atom stereocenters. The standard InChI is InChI=1S/C14H21N3O3S/c1-21(19,20)17-9-6-13(7-10-17)16-14(18)5-4-12-3-2-8-15-11-12/h2-3,8,11,13H,4-7,9-10H2,1H3,(H,16,18). The van der Waals surface area contributed by atoms with Crippen molar-refractivity contribution in [1.29, 1.82) is 0 Å². The van der Waals surface area contributed by atoms with Crippen molar-refractivity contribution in [1.82, 2.24) is 14.6 Å². The van der Waals surface area contributed by atoms with Crippen LogP contribution >= 0.6 is 0 Å². The molecule has 2 heterocycles. The van der Waals surface area contributed by atoms with E-state index in [2.05, 4.69) is 10.3 Å². The van der Waals surface area contributed by atoms with E-state index in [1.165, 1.54) is 10.6 Å². The van der Waals surface area contributed by atoms with Crippen LogP contribution in [0.2, 0.25) is 0 Å². The van der Waals surface area contributed by atoms with Crippen LogP contribution in [0.5, 0.6) is 0 Å². The zero-order valence-corrected chi connectivity index (χ0v) is 13.0. The number of nitrogens with zero attached hydrogens (tertiary/aromatic N) is 2. The third kappa shape index (κ3) is 5.09. The maximum atomic E-state index is 11.9. The zero-order chi connectivity index (χ0) is 15.3. The molecule has 1 aliphatic heterocycles. The highest BCUT2D eigenvalue weighted by Gasteiger charge is 2.25. The summed E-state index contributed by atoms with van der Waals surface area (Å²) < 4.78 is 24.3. The minimum Gasteiger partial charge on any atom is -0.353 e. The lowest BCUT2D eigenvalue weighted by molar-refractivity contribution is -0.122. The highest BCUT2D eigenvalue weighted by molar-refractivity contribution is 7.88. The summed E-state index contributed by atoms with van der Waals surface area (Å²) in [6.07, 6.45) is 7.13. The van der Waals surface area contributed by atoms with Crippen LogP contribution in [0.1, 0.15) is 24.8 Å². The molecule has 0 bridgehead atoms. The Bertz CT molecular complexity index is 566. The molecule has 1 amide bonds. The monoisotopic (exact) mass is 311 g/mol. The maximum Gasteiger partial charge on any atom is 0.220 e. The number of nitrogens with one attached hydrogen (secondary N) is 1.